The van der Waals surface area contributed by atoms with Crippen LogP contribution in [0.4, 0.5) is 20.2 Å². The Morgan fingerprint density at radius 1 is 0.931 bits per heavy atom. The fourth-order valence-electron chi connectivity index (χ4n) is 2.45. The molecule has 29 heavy (non-hydrogen) atoms. The highest BCUT2D eigenvalue weighted by Gasteiger charge is 2.13. The number of carbonyl (C=O) groups excluding carboxylic acids is 2. The van der Waals surface area contributed by atoms with Gasteiger partial charge in [0.05, 0.1) is 12.0 Å². The van der Waals surface area contributed by atoms with Gasteiger partial charge in [0.1, 0.15) is 0 Å². The van der Waals surface area contributed by atoms with Crippen LogP contribution in [0.25, 0.3) is 0 Å². The number of thiophene rings is 1. The molecule has 1 heterocycles. The maximum absolute atomic E-state index is 12.5. The minimum Gasteiger partial charge on any atom is -0.493 e. The lowest BCUT2D eigenvalue weighted by molar-refractivity contribution is -0.0511. The van der Waals surface area contributed by atoms with Crippen molar-refractivity contribution in [1.82, 2.24) is 0 Å². The molecule has 0 radical (unpaired) electrons. The van der Waals surface area contributed by atoms with Gasteiger partial charge >= 0.3 is 6.61 Å². The molecule has 0 fully saturated rings. The Morgan fingerprint density at radius 3 is 2.24 bits per heavy atom. The molecule has 0 unspecified atom stereocenters. The van der Waals surface area contributed by atoms with E-state index in [1.54, 1.807) is 41.8 Å². The Bertz CT molecular complexity index is 992. The lowest BCUT2D eigenvalue weighted by Crippen LogP contribution is -2.13. The number of nitrogens with one attached hydrogen (secondary N) is 2. The van der Waals surface area contributed by atoms with Gasteiger partial charge in [0.2, 0.25) is 0 Å². The van der Waals surface area contributed by atoms with Gasteiger partial charge in [-0.1, -0.05) is 6.07 Å². The summed E-state index contributed by atoms with van der Waals surface area (Å²) >= 11 is 1.32. The maximum atomic E-state index is 12.5. The first-order valence-corrected chi connectivity index (χ1v) is 9.23. The van der Waals surface area contributed by atoms with Crippen molar-refractivity contribution >= 4 is 34.5 Å². The van der Waals surface area contributed by atoms with Crippen molar-refractivity contribution in [2.75, 3.05) is 17.7 Å². The highest BCUT2D eigenvalue weighted by atomic mass is 32.1. The van der Waals surface area contributed by atoms with Gasteiger partial charge in [0, 0.05) is 23.0 Å². The van der Waals surface area contributed by atoms with Crippen LogP contribution in [0.2, 0.25) is 0 Å². The monoisotopic (exact) mass is 418 g/mol. The number of hydrogen-bond donors (Lipinski definition) is 2. The summed E-state index contributed by atoms with van der Waals surface area (Å²) in [5.74, 6) is -0.752. The number of amides is 2. The number of carbonyl (C=O) groups is 2. The smallest absolute Gasteiger partial charge is 0.387 e. The van der Waals surface area contributed by atoms with Crippen LogP contribution in [0.1, 0.15) is 20.0 Å². The van der Waals surface area contributed by atoms with Crippen molar-refractivity contribution in [2.24, 2.45) is 0 Å². The van der Waals surface area contributed by atoms with E-state index in [4.69, 9.17) is 4.74 Å². The van der Waals surface area contributed by atoms with Crippen molar-refractivity contribution in [3.8, 4) is 11.5 Å². The molecular formula is C20H16F2N2O4S. The molecule has 150 valence electrons. The summed E-state index contributed by atoms with van der Waals surface area (Å²) in [6.45, 7) is -3.02. The standard InChI is InChI=1S/C20H16F2N2O4S/c1-27-15-9-8-14(11-16(15)28-20(21)22)24-18(25)12-4-6-13(7-5-12)23-19(26)17-3-2-10-29-17/h2-11,20H,1H3,(H,23,26)(H,24,25). The molecular weight excluding hydrogens is 402 g/mol. The summed E-state index contributed by atoms with van der Waals surface area (Å²) in [5.41, 5.74) is 1.13. The van der Waals surface area contributed by atoms with Crippen molar-refractivity contribution in [3.63, 3.8) is 0 Å². The fourth-order valence-corrected chi connectivity index (χ4v) is 3.07. The average Bonchev–Trinajstić information content (AvgIpc) is 3.23. The molecule has 2 amide bonds. The average molecular weight is 418 g/mol. The molecule has 0 aliphatic carbocycles. The van der Waals surface area contributed by atoms with E-state index in [-0.39, 0.29) is 23.1 Å². The maximum Gasteiger partial charge on any atom is 0.387 e. The summed E-state index contributed by atoms with van der Waals surface area (Å²) in [5, 5.41) is 7.14. The first-order chi connectivity index (χ1) is 14.0. The summed E-state index contributed by atoms with van der Waals surface area (Å²) in [6.07, 6.45) is 0. The molecule has 6 nitrogen and oxygen atoms in total. The van der Waals surface area contributed by atoms with Gasteiger partial charge in [-0.05, 0) is 47.8 Å². The first-order valence-electron chi connectivity index (χ1n) is 8.35. The van der Waals surface area contributed by atoms with Crippen molar-refractivity contribution in [2.45, 2.75) is 6.61 Å². The second kappa shape index (κ2) is 9.16. The van der Waals surface area contributed by atoms with Gasteiger partial charge in [-0.2, -0.15) is 8.78 Å². The molecule has 0 aliphatic heterocycles. The Balaban J connectivity index is 1.67. The van der Waals surface area contributed by atoms with Gasteiger partial charge in [0.25, 0.3) is 11.8 Å². The van der Waals surface area contributed by atoms with Crippen LogP contribution >= 0.6 is 11.3 Å². The zero-order valence-electron chi connectivity index (χ0n) is 15.1. The van der Waals surface area contributed by atoms with Crippen LogP contribution in [-0.2, 0) is 0 Å². The molecule has 0 atom stereocenters. The number of ether oxygens (including phenoxy) is 2. The van der Waals surface area contributed by atoms with Crippen LogP contribution in [0.3, 0.4) is 0 Å². The molecule has 0 spiro atoms. The fraction of sp³-hybridized carbons (Fsp3) is 0.100. The minimum atomic E-state index is -3.02. The van der Waals surface area contributed by atoms with E-state index in [0.29, 0.717) is 16.1 Å². The highest BCUT2D eigenvalue weighted by Crippen LogP contribution is 2.31. The summed E-state index contributed by atoms with van der Waals surface area (Å²) < 4.78 is 34.4. The van der Waals surface area contributed by atoms with E-state index in [0.717, 1.165) is 0 Å². The minimum absolute atomic E-state index is 0.120. The Morgan fingerprint density at radius 2 is 1.62 bits per heavy atom. The highest BCUT2D eigenvalue weighted by molar-refractivity contribution is 7.12. The molecule has 1 aromatic heterocycles. The van der Waals surface area contributed by atoms with Gasteiger partial charge in [-0.15, -0.1) is 11.3 Å². The Labute approximate surface area is 169 Å². The van der Waals surface area contributed by atoms with Gasteiger partial charge in [-0.3, -0.25) is 9.59 Å². The molecule has 3 rings (SSSR count). The lowest BCUT2D eigenvalue weighted by atomic mass is 10.2. The van der Waals surface area contributed by atoms with Crippen LogP contribution < -0.4 is 20.1 Å². The van der Waals surface area contributed by atoms with Crippen LogP contribution in [0.5, 0.6) is 11.5 Å². The summed E-state index contributed by atoms with van der Waals surface area (Å²) in [7, 11) is 1.32. The molecule has 0 aliphatic rings. The quantitative estimate of drug-likeness (QED) is 0.574. The second-order valence-electron chi connectivity index (χ2n) is 5.71. The topological polar surface area (TPSA) is 76.7 Å². The Kier molecular flexibility index (Phi) is 6.40. The molecule has 9 heteroatoms. The predicted molar refractivity (Wildman–Crippen MR) is 106 cm³/mol. The zero-order valence-corrected chi connectivity index (χ0v) is 16.0. The lowest BCUT2D eigenvalue weighted by Gasteiger charge is -2.12. The molecule has 0 bridgehead atoms. The summed E-state index contributed by atoms with van der Waals surface area (Å²) in [4.78, 5) is 25.0. The third kappa shape index (κ3) is 5.29. The van der Waals surface area contributed by atoms with Crippen molar-refractivity contribution in [3.05, 3.63) is 70.4 Å². The molecule has 2 N–H and O–H groups in total. The van der Waals surface area contributed by atoms with Gasteiger partial charge in [0.15, 0.2) is 11.5 Å². The van der Waals surface area contributed by atoms with Crippen LogP contribution in [0, 0.1) is 0 Å². The van der Waals surface area contributed by atoms with Crippen molar-refractivity contribution in [1.29, 1.82) is 0 Å². The summed E-state index contributed by atoms with van der Waals surface area (Å²) in [6, 6.07) is 13.9. The van der Waals surface area contributed by atoms with E-state index >= 15 is 0 Å². The number of hydrogen-bond acceptors (Lipinski definition) is 5. The predicted octanol–water partition coefficient (Wildman–Crippen LogP) is 4.86. The number of benzene rings is 2. The third-order valence-corrected chi connectivity index (χ3v) is 4.66. The number of rotatable bonds is 7. The SMILES string of the molecule is COc1ccc(NC(=O)c2ccc(NC(=O)c3cccs3)cc2)cc1OC(F)F. The van der Waals surface area contributed by atoms with Gasteiger partial charge in [-0.25, -0.2) is 0 Å². The molecule has 3 aromatic rings. The van der Waals surface area contributed by atoms with Crippen molar-refractivity contribution < 1.29 is 27.8 Å². The third-order valence-electron chi connectivity index (χ3n) is 3.79. The van der Waals surface area contributed by atoms with E-state index in [1.807, 2.05) is 0 Å². The number of methoxy groups -OCH3 is 1. The van der Waals surface area contributed by atoms with E-state index in [1.165, 1.54) is 36.6 Å². The van der Waals surface area contributed by atoms with Crippen LogP contribution in [-0.4, -0.2) is 25.5 Å². The molecule has 0 saturated heterocycles. The largest absolute Gasteiger partial charge is 0.493 e. The van der Waals surface area contributed by atoms with E-state index in [9.17, 15) is 18.4 Å². The normalized spacial score (nSPS) is 10.5. The molecule has 2 aromatic carbocycles. The van der Waals surface area contributed by atoms with Gasteiger partial charge < -0.3 is 20.1 Å². The van der Waals surface area contributed by atoms with E-state index in [2.05, 4.69) is 15.4 Å². The second-order valence-corrected chi connectivity index (χ2v) is 6.65. The van der Waals surface area contributed by atoms with E-state index < -0.39 is 12.5 Å². The number of halogens is 2. The first kappa shape index (κ1) is 20.3. The number of alkyl halides is 2. The molecule has 0 saturated carbocycles. The zero-order chi connectivity index (χ0) is 20.8. The van der Waals surface area contributed by atoms with Crippen LogP contribution in [0.15, 0.2) is 60.0 Å². The Hall–Kier alpha value is -3.46. The number of anilines is 2.